The number of ether oxygens (including phenoxy) is 1. The number of carbonyl (C=O) groups excluding carboxylic acids is 1. The molecule has 0 aliphatic carbocycles. The fourth-order valence-electron chi connectivity index (χ4n) is 3.09. The fraction of sp³-hybridized carbons (Fsp3) is 0.438. The van der Waals surface area contributed by atoms with Crippen molar-refractivity contribution in [2.75, 3.05) is 5.73 Å². The van der Waals surface area contributed by atoms with Crippen molar-refractivity contribution in [3.63, 3.8) is 0 Å². The third kappa shape index (κ3) is 1.96. The monoisotopic (exact) mass is 273 g/mol. The molecule has 2 N–H and O–H groups in total. The van der Waals surface area contributed by atoms with Crippen molar-refractivity contribution in [1.29, 1.82) is 0 Å². The quantitative estimate of drug-likeness (QED) is 0.867. The average Bonchev–Trinajstić information content (AvgIpc) is 2.71. The SMILES string of the molecule is CC(=O)CCC1c2coc3cc(N)cc(c23)OC1(C)C. The first-order valence-corrected chi connectivity index (χ1v) is 6.87. The molecule has 1 unspecified atom stereocenters. The molecule has 20 heavy (non-hydrogen) atoms. The third-order valence-electron chi connectivity index (χ3n) is 4.06. The van der Waals surface area contributed by atoms with Gasteiger partial charge in [0.1, 0.15) is 22.7 Å². The molecule has 0 saturated heterocycles. The number of ketones is 1. The minimum atomic E-state index is -0.382. The number of anilines is 1. The van der Waals surface area contributed by atoms with Crippen molar-refractivity contribution >= 4 is 22.4 Å². The van der Waals surface area contributed by atoms with Crippen LogP contribution in [0.25, 0.3) is 11.0 Å². The van der Waals surface area contributed by atoms with E-state index in [1.807, 2.05) is 26.0 Å². The van der Waals surface area contributed by atoms with E-state index in [9.17, 15) is 4.79 Å². The first kappa shape index (κ1) is 13.0. The molecule has 0 saturated carbocycles. The second-order valence-corrected chi connectivity index (χ2v) is 6.08. The Balaban J connectivity index is 2.11. The van der Waals surface area contributed by atoms with E-state index in [1.165, 1.54) is 0 Å². The van der Waals surface area contributed by atoms with Crippen LogP contribution in [0.5, 0.6) is 5.75 Å². The first-order chi connectivity index (χ1) is 9.38. The van der Waals surface area contributed by atoms with Gasteiger partial charge in [0.25, 0.3) is 0 Å². The molecule has 4 nitrogen and oxygen atoms in total. The zero-order chi connectivity index (χ0) is 14.5. The maximum absolute atomic E-state index is 11.3. The number of hydrogen-bond acceptors (Lipinski definition) is 4. The number of furan rings is 1. The Bertz CT molecular complexity index is 684. The highest BCUT2D eigenvalue weighted by Gasteiger charge is 2.39. The minimum Gasteiger partial charge on any atom is -0.486 e. The van der Waals surface area contributed by atoms with Gasteiger partial charge in [0.2, 0.25) is 0 Å². The Hall–Kier alpha value is -1.97. The van der Waals surface area contributed by atoms with Gasteiger partial charge in [-0.05, 0) is 27.2 Å². The molecule has 0 bridgehead atoms. The summed E-state index contributed by atoms with van der Waals surface area (Å²) in [5.74, 6) is 1.11. The number of nitrogen functional groups attached to an aromatic ring is 1. The van der Waals surface area contributed by atoms with Crippen LogP contribution in [-0.2, 0) is 4.79 Å². The molecule has 1 aliphatic rings. The predicted octanol–water partition coefficient (Wildman–Crippen LogP) is 3.64. The molecule has 0 radical (unpaired) electrons. The number of Topliss-reactive ketones (excluding diaryl/α,β-unsaturated/α-hetero) is 1. The van der Waals surface area contributed by atoms with Gasteiger partial charge in [-0.3, -0.25) is 0 Å². The van der Waals surface area contributed by atoms with E-state index in [0.29, 0.717) is 12.1 Å². The number of hydrogen-bond donors (Lipinski definition) is 1. The van der Waals surface area contributed by atoms with Gasteiger partial charge in [-0.1, -0.05) is 0 Å². The molecule has 3 rings (SSSR count). The lowest BCUT2D eigenvalue weighted by Crippen LogP contribution is -2.38. The lowest BCUT2D eigenvalue weighted by Gasteiger charge is -2.38. The summed E-state index contributed by atoms with van der Waals surface area (Å²) in [6, 6.07) is 3.65. The van der Waals surface area contributed by atoms with E-state index in [4.69, 9.17) is 14.9 Å². The zero-order valence-electron chi connectivity index (χ0n) is 12.0. The van der Waals surface area contributed by atoms with Gasteiger partial charge in [-0.2, -0.15) is 0 Å². The van der Waals surface area contributed by atoms with Crippen LogP contribution in [0, 0.1) is 0 Å². The number of carbonyl (C=O) groups is 1. The Morgan fingerprint density at radius 3 is 2.85 bits per heavy atom. The molecule has 106 valence electrons. The Labute approximate surface area is 117 Å². The second-order valence-electron chi connectivity index (χ2n) is 6.08. The molecule has 0 amide bonds. The van der Waals surface area contributed by atoms with Crippen molar-refractivity contribution in [1.82, 2.24) is 0 Å². The second kappa shape index (κ2) is 4.27. The van der Waals surface area contributed by atoms with Gasteiger partial charge >= 0.3 is 0 Å². The standard InChI is InChI=1S/C16H19NO3/c1-9(18)4-5-12-11-8-19-13-6-10(17)7-14(15(11)13)20-16(12,2)3/h6-8,12H,4-5,17H2,1-3H3. The highest BCUT2D eigenvalue weighted by molar-refractivity contribution is 5.91. The summed E-state index contributed by atoms with van der Waals surface area (Å²) in [6.07, 6.45) is 3.10. The normalized spacial score (nSPS) is 19.9. The third-order valence-corrected chi connectivity index (χ3v) is 4.06. The zero-order valence-corrected chi connectivity index (χ0v) is 12.0. The van der Waals surface area contributed by atoms with Crippen molar-refractivity contribution in [2.24, 2.45) is 0 Å². The molecule has 1 atom stereocenters. The van der Waals surface area contributed by atoms with Crippen LogP contribution in [-0.4, -0.2) is 11.4 Å². The Morgan fingerprint density at radius 2 is 2.15 bits per heavy atom. The summed E-state index contributed by atoms with van der Waals surface area (Å²) in [7, 11) is 0. The van der Waals surface area contributed by atoms with E-state index in [0.717, 1.165) is 28.7 Å². The van der Waals surface area contributed by atoms with E-state index >= 15 is 0 Å². The first-order valence-electron chi connectivity index (χ1n) is 6.87. The molecular weight excluding hydrogens is 254 g/mol. The molecule has 1 aromatic carbocycles. The van der Waals surface area contributed by atoms with Gasteiger partial charge < -0.3 is 19.7 Å². The Morgan fingerprint density at radius 1 is 1.40 bits per heavy atom. The lowest BCUT2D eigenvalue weighted by atomic mass is 9.79. The van der Waals surface area contributed by atoms with E-state index in [1.54, 1.807) is 13.2 Å². The molecule has 2 aromatic rings. The number of rotatable bonds is 3. The molecule has 0 fully saturated rings. The van der Waals surface area contributed by atoms with Crippen LogP contribution < -0.4 is 10.5 Å². The Kier molecular flexibility index (Phi) is 2.78. The molecule has 1 aliphatic heterocycles. The number of benzene rings is 1. The lowest BCUT2D eigenvalue weighted by molar-refractivity contribution is -0.117. The van der Waals surface area contributed by atoms with Crippen LogP contribution in [0.15, 0.2) is 22.8 Å². The fourth-order valence-corrected chi connectivity index (χ4v) is 3.09. The summed E-state index contributed by atoms with van der Waals surface area (Å²) in [4.78, 5) is 11.3. The van der Waals surface area contributed by atoms with E-state index < -0.39 is 0 Å². The van der Waals surface area contributed by atoms with Crippen molar-refractivity contribution in [3.05, 3.63) is 24.0 Å². The highest BCUT2D eigenvalue weighted by atomic mass is 16.5. The van der Waals surface area contributed by atoms with Gasteiger partial charge in [-0.25, -0.2) is 0 Å². The molecular formula is C16H19NO3. The van der Waals surface area contributed by atoms with Gasteiger partial charge in [0, 0.05) is 35.7 Å². The van der Waals surface area contributed by atoms with Crippen molar-refractivity contribution < 1.29 is 13.9 Å². The topological polar surface area (TPSA) is 65.5 Å². The molecule has 2 heterocycles. The summed E-state index contributed by atoms with van der Waals surface area (Å²) < 4.78 is 11.8. The minimum absolute atomic E-state index is 0.142. The van der Waals surface area contributed by atoms with Gasteiger partial charge in [-0.15, -0.1) is 0 Å². The van der Waals surface area contributed by atoms with Gasteiger partial charge in [0.15, 0.2) is 0 Å². The molecule has 0 spiro atoms. The van der Waals surface area contributed by atoms with Crippen LogP contribution in [0.3, 0.4) is 0 Å². The van der Waals surface area contributed by atoms with E-state index in [2.05, 4.69) is 0 Å². The molecule has 1 aromatic heterocycles. The summed E-state index contributed by atoms with van der Waals surface area (Å²) in [5.41, 5.74) is 7.99. The highest BCUT2D eigenvalue weighted by Crippen LogP contribution is 2.48. The van der Waals surface area contributed by atoms with Crippen LogP contribution in [0.2, 0.25) is 0 Å². The number of nitrogens with two attached hydrogens (primary N) is 1. The summed E-state index contributed by atoms with van der Waals surface area (Å²) in [6.45, 7) is 5.71. The maximum Gasteiger partial charge on any atom is 0.139 e. The van der Waals surface area contributed by atoms with Crippen molar-refractivity contribution in [3.8, 4) is 5.75 Å². The molecule has 4 heteroatoms. The summed E-state index contributed by atoms with van der Waals surface area (Å²) in [5, 5.41) is 0.993. The summed E-state index contributed by atoms with van der Waals surface area (Å²) >= 11 is 0. The van der Waals surface area contributed by atoms with Crippen LogP contribution in [0.4, 0.5) is 5.69 Å². The van der Waals surface area contributed by atoms with E-state index in [-0.39, 0.29) is 17.3 Å². The largest absolute Gasteiger partial charge is 0.486 e. The predicted molar refractivity (Wildman–Crippen MR) is 78.0 cm³/mol. The van der Waals surface area contributed by atoms with Crippen LogP contribution in [0.1, 0.15) is 45.1 Å². The smallest absolute Gasteiger partial charge is 0.139 e. The van der Waals surface area contributed by atoms with Gasteiger partial charge in [0.05, 0.1) is 11.6 Å². The van der Waals surface area contributed by atoms with Crippen molar-refractivity contribution in [2.45, 2.75) is 45.1 Å². The maximum atomic E-state index is 11.3. The van der Waals surface area contributed by atoms with Crippen LogP contribution >= 0.6 is 0 Å². The average molecular weight is 273 g/mol.